The molecule has 1 atom stereocenters. The lowest BCUT2D eigenvalue weighted by Gasteiger charge is -2.26. The molecule has 4 aromatic carbocycles. The third-order valence-corrected chi connectivity index (χ3v) is 8.79. The lowest BCUT2D eigenvalue weighted by molar-refractivity contribution is -0.138. The van der Waals surface area contributed by atoms with Crippen LogP contribution in [-0.4, -0.2) is 31.4 Å². The number of fused-ring (bicyclic) bond motifs is 1. The molecule has 0 radical (unpaired) electrons. The van der Waals surface area contributed by atoms with Gasteiger partial charge in [-0.1, -0.05) is 78.1 Å². The second-order valence-corrected chi connectivity index (χ2v) is 11.7. The second kappa shape index (κ2) is 14.2. The fourth-order valence-corrected chi connectivity index (χ4v) is 6.51. The summed E-state index contributed by atoms with van der Waals surface area (Å²) in [7, 11) is 3.08. The van der Waals surface area contributed by atoms with Crippen LogP contribution in [0.4, 0.5) is 0 Å². The number of nitrogens with zero attached hydrogens (tertiary/aromatic N) is 3. The van der Waals surface area contributed by atoms with Gasteiger partial charge in [-0.15, -0.1) is 0 Å². The molecule has 0 spiro atoms. The molecule has 1 aliphatic heterocycles. The van der Waals surface area contributed by atoms with Crippen LogP contribution in [0.5, 0.6) is 17.2 Å². The predicted molar refractivity (Wildman–Crippen MR) is 183 cm³/mol. The van der Waals surface area contributed by atoms with Gasteiger partial charge in [0.15, 0.2) is 16.3 Å². The van der Waals surface area contributed by atoms with E-state index >= 15 is 0 Å². The molecule has 0 unspecified atom stereocenters. The molecule has 6 rings (SSSR count). The molecule has 10 heteroatoms. The Hall–Kier alpha value is -5.92. The Kier molecular flexibility index (Phi) is 9.50. The predicted octanol–water partition coefficient (Wildman–Crippen LogP) is 5.40. The second-order valence-electron chi connectivity index (χ2n) is 10.7. The lowest BCUT2D eigenvalue weighted by atomic mass is 9.93. The van der Waals surface area contributed by atoms with Crippen molar-refractivity contribution >= 4 is 29.1 Å². The maximum Gasteiger partial charge on any atom is 0.338 e. The van der Waals surface area contributed by atoms with Crippen molar-refractivity contribution in [3.05, 3.63) is 150 Å². The topological polar surface area (TPSA) is 112 Å². The molecule has 0 bridgehead atoms. The lowest BCUT2D eigenvalue weighted by Crippen LogP contribution is -2.40. The number of nitriles is 1. The molecule has 1 aromatic heterocycles. The zero-order chi connectivity index (χ0) is 33.6. The number of carbonyl (C=O) groups excluding carboxylic acids is 1. The highest BCUT2D eigenvalue weighted by molar-refractivity contribution is 7.07. The molecule has 1 aliphatic rings. The number of thiazole rings is 1. The first-order valence-electron chi connectivity index (χ1n) is 15.2. The maximum atomic E-state index is 14.2. The van der Waals surface area contributed by atoms with Crippen LogP contribution in [0.15, 0.2) is 112 Å². The van der Waals surface area contributed by atoms with E-state index in [1.54, 1.807) is 42.9 Å². The van der Waals surface area contributed by atoms with Crippen LogP contribution in [0.2, 0.25) is 0 Å². The summed E-state index contributed by atoms with van der Waals surface area (Å²) < 4.78 is 24.5. The molecule has 2 heterocycles. The van der Waals surface area contributed by atoms with E-state index in [0.717, 1.165) is 16.7 Å². The van der Waals surface area contributed by atoms with Crippen LogP contribution in [0.25, 0.3) is 11.8 Å². The van der Waals surface area contributed by atoms with Gasteiger partial charge in [-0.25, -0.2) is 9.79 Å². The Morgan fingerprint density at radius 3 is 2.40 bits per heavy atom. The fraction of sp³-hybridized carbons (Fsp3) is 0.158. The van der Waals surface area contributed by atoms with Crippen molar-refractivity contribution in [2.24, 2.45) is 4.99 Å². The van der Waals surface area contributed by atoms with Crippen molar-refractivity contribution in [3.63, 3.8) is 0 Å². The Labute approximate surface area is 280 Å². The third-order valence-electron chi connectivity index (χ3n) is 7.81. The molecule has 5 aromatic rings. The molecule has 48 heavy (non-hydrogen) atoms. The molecule has 0 amide bonds. The first kappa shape index (κ1) is 32.0. The van der Waals surface area contributed by atoms with E-state index in [9.17, 15) is 14.9 Å². The first-order chi connectivity index (χ1) is 23.4. The van der Waals surface area contributed by atoms with Gasteiger partial charge in [-0.2, -0.15) is 5.26 Å². The van der Waals surface area contributed by atoms with Gasteiger partial charge < -0.3 is 18.9 Å². The van der Waals surface area contributed by atoms with Crippen LogP contribution >= 0.6 is 11.3 Å². The summed E-state index contributed by atoms with van der Waals surface area (Å²) in [6, 6.07) is 30.7. The number of carbonyl (C=O) groups is 1. The largest absolute Gasteiger partial charge is 0.493 e. The average Bonchev–Trinajstić information content (AvgIpc) is 3.44. The summed E-state index contributed by atoms with van der Waals surface area (Å²) in [5, 5.41) is 9.36. The quantitative estimate of drug-likeness (QED) is 0.185. The molecule has 0 saturated carbocycles. The van der Waals surface area contributed by atoms with Crippen LogP contribution < -0.4 is 29.1 Å². The van der Waals surface area contributed by atoms with E-state index in [1.807, 2.05) is 78.9 Å². The molecule has 0 N–H and O–H groups in total. The molecule has 0 saturated heterocycles. The van der Waals surface area contributed by atoms with E-state index in [0.29, 0.717) is 43.4 Å². The van der Waals surface area contributed by atoms with Gasteiger partial charge >= 0.3 is 5.97 Å². The molecule has 9 nitrogen and oxygen atoms in total. The monoisotopic (exact) mass is 657 g/mol. The Balaban J connectivity index is 1.45. The minimum Gasteiger partial charge on any atom is -0.493 e. The summed E-state index contributed by atoms with van der Waals surface area (Å²) in [6.07, 6.45) is 1.79. The van der Waals surface area contributed by atoms with Gasteiger partial charge in [-0.3, -0.25) is 9.36 Å². The number of methoxy groups -OCH3 is 2. The van der Waals surface area contributed by atoms with Crippen LogP contribution in [-0.2, 0) is 16.1 Å². The van der Waals surface area contributed by atoms with Crippen molar-refractivity contribution < 1.29 is 23.7 Å². The molecule has 0 fully saturated rings. The fourth-order valence-electron chi connectivity index (χ4n) is 5.51. The van der Waals surface area contributed by atoms with Gasteiger partial charge in [0.05, 0.1) is 54.3 Å². The third kappa shape index (κ3) is 6.36. The van der Waals surface area contributed by atoms with Crippen molar-refractivity contribution in [2.75, 3.05) is 20.8 Å². The molecule has 0 aliphatic carbocycles. The van der Waals surface area contributed by atoms with E-state index < -0.39 is 12.0 Å². The van der Waals surface area contributed by atoms with Gasteiger partial charge in [0.25, 0.3) is 5.56 Å². The Morgan fingerprint density at radius 2 is 1.69 bits per heavy atom. The van der Waals surface area contributed by atoms with E-state index in [-0.39, 0.29) is 24.3 Å². The average molecular weight is 658 g/mol. The highest BCUT2D eigenvalue weighted by Gasteiger charge is 2.35. The maximum absolute atomic E-state index is 14.2. The SMILES string of the molecule is CCOC(=O)C1=C(c2ccccc2)N=c2s/c(=C\c3ccc(OCc4ccccc4C#N)cc3)c(=O)n2[C@H]1c1ccc(OC)c(OC)c1. The smallest absolute Gasteiger partial charge is 0.338 e. The standard InChI is InChI=1S/C38H31N3O6S/c1-4-46-37(43)33-34(25-10-6-5-7-11-25)40-38-41(35(33)26-16-19-30(44-2)31(21-26)45-3)36(42)32(48-38)20-24-14-17-29(18-15-24)47-23-28-13-9-8-12-27(28)22-39/h5-21,35H,4,23H2,1-3H3/b32-20-/t35-/m0/s1. The van der Waals surface area contributed by atoms with Crippen LogP contribution in [0, 0.1) is 11.3 Å². The summed E-state index contributed by atoms with van der Waals surface area (Å²) in [5.74, 6) is 1.03. The van der Waals surface area contributed by atoms with E-state index in [4.69, 9.17) is 23.9 Å². The summed E-state index contributed by atoms with van der Waals surface area (Å²) in [6.45, 7) is 2.14. The number of hydrogen-bond acceptors (Lipinski definition) is 9. The molecular weight excluding hydrogens is 627 g/mol. The minimum atomic E-state index is -0.857. The van der Waals surface area contributed by atoms with Crippen LogP contribution in [0.3, 0.4) is 0 Å². The van der Waals surface area contributed by atoms with Gasteiger partial charge in [-0.05, 0) is 54.5 Å². The normalized spacial score (nSPS) is 14.0. The number of benzene rings is 4. The van der Waals surface area contributed by atoms with Crippen molar-refractivity contribution in [1.82, 2.24) is 4.57 Å². The van der Waals surface area contributed by atoms with Crippen molar-refractivity contribution in [3.8, 4) is 23.3 Å². The summed E-state index contributed by atoms with van der Waals surface area (Å²) in [5.41, 5.74) is 3.86. The van der Waals surface area contributed by atoms with Crippen molar-refractivity contribution in [2.45, 2.75) is 19.6 Å². The van der Waals surface area contributed by atoms with Gasteiger partial charge in [0.2, 0.25) is 0 Å². The van der Waals surface area contributed by atoms with Gasteiger partial charge in [0, 0.05) is 11.1 Å². The highest BCUT2D eigenvalue weighted by atomic mass is 32.1. The summed E-state index contributed by atoms with van der Waals surface area (Å²) >= 11 is 1.24. The first-order valence-corrected chi connectivity index (χ1v) is 16.0. The number of ether oxygens (including phenoxy) is 4. The van der Waals surface area contributed by atoms with E-state index in [1.165, 1.54) is 18.4 Å². The number of hydrogen-bond donors (Lipinski definition) is 0. The number of esters is 1. The summed E-state index contributed by atoms with van der Waals surface area (Å²) in [4.78, 5) is 33.3. The molecule has 240 valence electrons. The van der Waals surface area contributed by atoms with Crippen LogP contribution in [0.1, 0.15) is 40.8 Å². The highest BCUT2D eigenvalue weighted by Crippen LogP contribution is 2.38. The Morgan fingerprint density at radius 1 is 0.958 bits per heavy atom. The van der Waals surface area contributed by atoms with Gasteiger partial charge in [0.1, 0.15) is 12.4 Å². The number of rotatable bonds is 10. The molecular formula is C38H31N3O6S. The number of aromatic nitrogens is 1. The van der Waals surface area contributed by atoms with Crippen molar-refractivity contribution in [1.29, 1.82) is 5.26 Å². The zero-order valence-electron chi connectivity index (χ0n) is 26.5. The minimum absolute atomic E-state index is 0.151. The van der Waals surface area contributed by atoms with E-state index in [2.05, 4.69) is 6.07 Å². The zero-order valence-corrected chi connectivity index (χ0v) is 27.3. The Bertz CT molecular complexity index is 2230.